The van der Waals surface area contributed by atoms with Crippen molar-refractivity contribution in [2.24, 2.45) is 0 Å². The number of rotatable bonds is 2. The van der Waals surface area contributed by atoms with Gasteiger partial charge in [0.25, 0.3) is 0 Å². The summed E-state index contributed by atoms with van der Waals surface area (Å²) in [5, 5.41) is 0.379. The highest BCUT2D eigenvalue weighted by atomic mass is 35.5. The third kappa shape index (κ3) is 2.57. The van der Waals surface area contributed by atoms with E-state index in [0.29, 0.717) is 22.3 Å². The van der Waals surface area contributed by atoms with E-state index in [1.807, 2.05) is 24.3 Å². The minimum absolute atomic E-state index is 0.0150. The number of halogens is 1. The highest BCUT2D eigenvalue weighted by Crippen LogP contribution is 2.42. The Balaban J connectivity index is 1.96. The van der Waals surface area contributed by atoms with Crippen LogP contribution in [-0.2, 0) is 4.79 Å². The number of carbonyl (C=O) groups is 1. The van der Waals surface area contributed by atoms with Crippen molar-refractivity contribution < 1.29 is 18.7 Å². The van der Waals surface area contributed by atoms with Gasteiger partial charge < -0.3 is 13.9 Å². The summed E-state index contributed by atoms with van der Waals surface area (Å²) < 4.78 is 16.1. The monoisotopic (exact) mass is 356 g/mol. The fourth-order valence-electron chi connectivity index (χ4n) is 3.15. The zero-order valence-corrected chi connectivity index (χ0v) is 14.0. The van der Waals surface area contributed by atoms with Crippen LogP contribution in [0.2, 0.25) is 5.02 Å². The number of hydrogen-bond donors (Lipinski definition) is 0. The van der Waals surface area contributed by atoms with E-state index in [0.717, 1.165) is 11.3 Å². The molecule has 1 aliphatic rings. The van der Waals surface area contributed by atoms with Gasteiger partial charge in [-0.3, -0.25) is 9.59 Å². The van der Waals surface area contributed by atoms with Crippen LogP contribution in [0.3, 0.4) is 0 Å². The van der Waals surface area contributed by atoms with Gasteiger partial charge in [0, 0.05) is 11.5 Å². The van der Waals surface area contributed by atoms with Crippen LogP contribution in [0.15, 0.2) is 51.9 Å². The zero-order chi connectivity index (χ0) is 17.6. The maximum absolute atomic E-state index is 12.3. The SMILES string of the molecule is COc1ccc(C2CC(=O)Oc3ccc4c(=O)c(Cl)coc4c32)cc1. The Kier molecular flexibility index (Phi) is 3.73. The summed E-state index contributed by atoms with van der Waals surface area (Å²) in [7, 11) is 1.59. The molecule has 1 aliphatic heterocycles. The maximum atomic E-state index is 12.3. The van der Waals surface area contributed by atoms with Gasteiger partial charge in [-0.05, 0) is 29.8 Å². The van der Waals surface area contributed by atoms with Crippen molar-refractivity contribution in [3.05, 3.63) is 69.0 Å². The molecule has 5 nitrogen and oxygen atoms in total. The third-order valence-corrected chi connectivity index (χ3v) is 4.62. The quantitative estimate of drug-likeness (QED) is 0.514. The fraction of sp³-hybridized carbons (Fsp3) is 0.158. The molecule has 0 spiro atoms. The Morgan fingerprint density at radius 3 is 2.60 bits per heavy atom. The molecule has 1 atom stereocenters. The maximum Gasteiger partial charge on any atom is 0.312 e. The van der Waals surface area contributed by atoms with Gasteiger partial charge in [0.05, 0.1) is 18.9 Å². The van der Waals surface area contributed by atoms with Crippen LogP contribution in [0, 0.1) is 0 Å². The van der Waals surface area contributed by atoms with E-state index in [1.54, 1.807) is 19.2 Å². The van der Waals surface area contributed by atoms with E-state index in [2.05, 4.69) is 0 Å². The Bertz CT molecular complexity index is 1040. The van der Waals surface area contributed by atoms with E-state index in [-0.39, 0.29) is 28.8 Å². The molecule has 0 bridgehead atoms. The summed E-state index contributed by atoms with van der Waals surface area (Å²) in [6, 6.07) is 10.6. The van der Waals surface area contributed by atoms with Gasteiger partial charge in [-0.1, -0.05) is 23.7 Å². The van der Waals surface area contributed by atoms with Crippen molar-refractivity contribution >= 4 is 28.5 Å². The van der Waals surface area contributed by atoms with Gasteiger partial charge in [0.1, 0.15) is 28.4 Å². The summed E-state index contributed by atoms with van der Waals surface area (Å²) in [6.45, 7) is 0. The molecule has 126 valence electrons. The summed E-state index contributed by atoms with van der Waals surface area (Å²) in [5.41, 5.74) is 1.66. The average Bonchev–Trinajstić information content (AvgIpc) is 2.63. The topological polar surface area (TPSA) is 65.7 Å². The average molecular weight is 357 g/mol. The molecule has 25 heavy (non-hydrogen) atoms. The van der Waals surface area contributed by atoms with Crippen LogP contribution >= 0.6 is 11.6 Å². The Morgan fingerprint density at radius 1 is 1.12 bits per heavy atom. The first kappa shape index (κ1) is 15.7. The molecule has 3 aromatic rings. The summed E-state index contributed by atoms with van der Waals surface area (Å²) in [5.74, 6) is 0.507. The number of methoxy groups -OCH3 is 1. The van der Waals surface area contributed by atoms with Crippen LogP contribution < -0.4 is 14.9 Å². The molecule has 0 amide bonds. The molecule has 0 N–H and O–H groups in total. The molecule has 0 aliphatic carbocycles. The molecule has 0 radical (unpaired) electrons. The molecule has 2 aromatic carbocycles. The molecular weight excluding hydrogens is 344 g/mol. The molecule has 0 fully saturated rings. The van der Waals surface area contributed by atoms with Gasteiger partial charge in [0.2, 0.25) is 5.43 Å². The second-order valence-electron chi connectivity index (χ2n) is 5.77. The number of ether oxygens (including phenoxy) is 2. The van der Waals surface area contributed by atoms with Gasteiger partial charge in [-0.15, -0.1) is 0 Å². The predicted molar refractivity (Wildman–Crippen MR) is 92.6 cm³/mol. The summed E-state index contributed by atoms with van der Waals surface area (Å²) >= 11 is 5.88. The van der Waals surface area contributed by atoms with Gasteiger partial charge in [-0.2, -0.15) is 0 Å². The number of fused-ring (bicyclic) bond motifs is 3. The zero-order valence-electron chi connectivity index (χ0n) is 13.2. The van der Waals surface area contributed by atoms with Gasteiger partial charge in [0.15, 0.2) is 0 Å². The Hall–Kier alpha value is -2.79. The predicted octanol–water partition coefficient (Wildman–Crippen LogP) is 3.90. The standard InChI is InChI=1S/C19H13ClO5/c1-23-11-4-2-10(3-5-11)13-8-16(21)25-15-7-6-12-18(22)14(20)9-24-19(12)17(13)15/h2-7,9,13H,8H2,1H3. The second-order valence-corrected chi connectivity index (χ2v) is 6.18. The lowest BCUT2D eigenvalue weighted by Crippen LogP contribution is -2.21. The minimum Gasteiger partial charge on any atom is -0.497 e. The van der Waals surface area contributed by atoms with Crippen molar-refractivity contribution in [3.63, 3.8) is 0 Å². The molecule has 0 saturated carbocycles. The van der Waals surface area contributed by atoms with Crippen LogP contribution in [0.5, 0.6) is 11.5 Å². The van der Waals surface area contributed by atoms with E-state index in [9.17, 15) is 9.59 Å². The number of benzene rings is 2. The van der Waals surface area contributed by atoms with Crippen LogP contribution in [0.25, 0.3) is 11.0 Å². The van der Waals surface area contributed by atoms with Crippen LogP contribution in [0.4, 0.5) is 0 Å². The van der Waals surface area contributed by atoms with E-state index < -0.39 is 0 Å². The molecular formula is C19H13ClO5. The smallest absolute Gasteiger partial charge is 0.312 e. The first-order chi connectivity index (χ1) is 12.1. The van der Waals surface area contributed by atoms with E-state index in [4.69, 9.17) is 25.5 Å². The van der Waals surface area contributed by atoms with Crippen molar-refractivity contribution in [1.29, 1.82) is 0 Å². The lowest BCUT2D eigenvalue weighted by Gasteiger charge is -2.25. The largest absolute Gasteiger partial charge is 0.497 e. The fourth-order valence-corrected chi connectivity index (χ4v) is 3.30. The van der Waals surface area contributed by atoms with Gasteiger partial charge >= 0.3 is 5.97 Å². The molecule has 0 saturated heterocycles. The highest BCUT2D eigenvalue weighted by Gasteiger charge is 2.32. The van der Waals surface area contributed by atoms with Gasteiger partial charge in [-0.25, -0.2) is 0 Å². The van der Waals surface area contributed by atoms with Crippen molar-refractivity contribution in [2.45, 2.75) is 12.3 Å². The van der Waals surface area contributed by atoms with Crippen molar-refractivity contribution in [3.8, 4) is 11.5 Å². The first-order valence-corrected chi connectivity index (χ1v) is 8.05. The highest BCUT2D eigenvalue weighted by molar-refractivity contribution is 6.30. The summed E-state index contributed by atoms with van der Waals surface area (Å²) in [6.07, 6.45) is 1.37. The Morgan fingerprint density at radius 2 is 1.88 bits per heavy atom. The third-order valence-electron chi connectivity index (χ3n) is 4.36. The summed E-state index contributed by atoms with van der Waals surface area (Å²) in [4.78, 5) is 24.3. The molecule has 1 unspecified atom stereocenters. The number of hydrogen-bond acceptors (Lipinski definition) is 5. The van der Waals surface area contributed by atoms with Crippen LogP contribution in [-0.4, -0.2) is 13.1 Å². The van der Waals surface area contributed by atoms with Crippen molar-refractivity contribution in [1.82, 2.24) is 0 Å². The number of esters is 1. The molecule has 2 heterocycles. The van der Waals surface area contributed by atoms with E-state index >= 15 is 0 Å². The first-order valence-electron chi connectivity index (χ1n) is 7.67. The lowest BCUT2D eigenvalue weighted by molar-refractivity contribution is -0.135. The second kappa shape index (κ2) is 5.93. The van der Waals surface area contributed by atoms with Crippen molar-refractivity contribution in [2.75, 3.05) is 7.11 Å². The minimum atomic E-state index is -0.330. The molecule has 6 heteroatoms. The normalized spacial score (nSPS) is 16.4. The molecule has 4 rings (SSSR count). The number of carbonyl (C=O) groups excluding carboxylic acids is 1. The Labute approximate surface area is 147 Å². The van der Waals surface area contributed by atoms with Crippen LogP contribution in [0.1, 0.15) is 23.5 Å². The lowest BCUT2D eigenvalue weighted by atomic mass is 9.85. The van der Waals surface area contributed by atoms with E-state index in [1.165, 1.54) is 6.26 Å². The molecule has 1 aromatic heterocycles.